The van der Waals surface area contributed by atoms with Crippen LogP contribution in [-0.4, -0.2) is 20.9 Å². The van der Waals surface area contributed by atoms with Crippen molar-refractivity contribution < 1.29 is 9.90 Å². The lowest BCUT2D eigenvalue weighted by Gasteiger charge is -2.19. The molecular formula is C19H22N2O3. The second-order valence-electron chi connectivity index (χ2n) is 6.63. The first-order valence-electron chi connectivity index (χ1n) is 8.40. The zero-order chi connectivity index (χ0) is 17.1. The smallest absolute Gasteiger partial charge is 0.311 e. The standard InChI is InChI=1S/C19H22N2O3/c1-13-10-17(22)21(20-11-13)12-14-6-8-16(9-7-14)18(19(23)24)15-4-2-3-5-15/h6-11,15,18H,2-5,12H2,1H3,(H,23,24). The van der Waals surface area contributed by atoms with E-state index < -0.39 is 11.9 Å². The van der Waals surface area contributed by atoms with Gasteiger partial charge in [0, 0.05) is 6.07 Å². The van der Waals surface area contributed by atoms with E-state index in [1.54, 1.807) is 12.3 Å². The molecule has 0 bridgehead atoms. The molecule has 5 nitrogen and oxygen atoms in total. The second kappa shape index (κ2) is 6.99. The van der Waals surface area contributed by atoms with Crippen LogP contribution in [0.15, 0.2) is 41.3 Å². The van der Waals surface area contributed by atoms with Gasteiger partial charge in [-0.05, 0) is 42.4 Å². The summed E-state index contributed by atoms with van der Waals surface area (Å²) in [6, 6.07) is 9.11. The fourth-order valence-electron chi connectivity index (χ4n) is 3.55. The van der Waals surface area contributed by atoms with Crippen molar-refractivity contribution in [2.24, 2.45) is 5.92 Å². The van der Waals surface area contributed by atoms with Gasteiger partial charge in [-0.15, -0.1) is 0 Å². The fraction of sp³-hybridized carbons (Fsp3) is 0.421. The number of benzene rings is 1. The Morgan fingerprint density at radius 1 is 1.29 bits per heavy atom. The first kappa shape index (κ1) is 16.4. The summed E-state index contributed by atoms with van der Waals surface area (Å²) >= 11 is 0. The van der Waals surface area contributed by atoms with Gasteiger partial charge >= 0.3 is 5.97 Å². The number of aliphatic carboxylic acids is 1. The van der Waals surface area contributed by atoms with Crippen molar-refractivity contribution in [2.45, 2.75) is 45.1 Å². The molecule has 5 heteroatoms. The Labute approximate surface area is 141 Å². The molecule has 0 radical (unpaired) electrons. The van der Waals surface area contributed by atoms with Gasteiger partial charge < -0.3 is 5.11 Å². The summed E-state index contributed by atoms with van der Waals surface area (Å²) in [6.45, 7) is 2.23. The number of carboxylic acids is 1. The molecule has 1 heterocycles. The molecule has 0 spiro atoms. The van der Waals surface area contributed by atoms with Crippen LogP contribution in [0.1, 0.15) is 48.3 Å². The molecule has 1 N–H and O–H groups in total. The maximum absolute atomic E-state index is 11.9. The molecule has 1 fully saturated rings. The van der Waals surface area contributed by atoms with Crippen molar-refractivity contribution in [3.63, 3.8) is 0 Å². The van der Waals surface area contributed by atoms with Gasteiger partial charge in [0.2, 0.25) is 0 Å². The molecule has 3 rings (SSSR count). The van der Waals surface area contributed by atoms with Crippen LogP contribution in [0.4, 0.5) is 0 Å². The zero-order valence-corrected chi connectivity index (χ0v) is 13.8. The molecule has 1 unspecified atom stereocenters. The summed E-state index contributed by atoms with van der Waals surface area (Å²) in [5.74, 6) is -0.942. The molecule has 1 atom stereocenters. The van der Waals surface area contributed by atoms with E-state index >= 15 is 0 Å². The number of aryl methyl sites for hydroxylation is 1. The molecule has 1 aliphatic rings. The van der Waals surface area contributed by atoms with Gasteiger partial charge in [0.05, 0.1) is 18.7 Å². The highest BCUT2D eigenvalue weighted by Gasteiger charge is 2.31. The molecule has 1 aliphatic carbocycles. The van der Waals surface area contributed by atoms with Crippen LogP contribution < -0.4 is 5.56 Å². The Kier molecular flexibility index (Phi) is 4.79. The minimum absolute atomic E-state index is 0.131. The summed E-state index contributed by atoms with van der Waals surface area (Å²) in [7, 11) is 0. The van der Waals surface area contributed by atoms with E-state index in [0.717, 1.165) is 42.4 Å². The van der Waals surface area contributed by atoms with Crippen LogP contribution in [0, 0.1) is 12.8 Å². The van der Waals surface area contributed by atoms with Gasteiger partial charge in [-0.3, -0.25) is 9.59 Å². The molecule has 0 saturated heterocycles. The Hall–Kier alpha value is -2.43. The topological polar surface area (TPSA) is 72.2 Å². The third-order valence-electron chi connectivity index (χ3n) is 4.81. The van der Waals surface area contributed by atoms with E-state index in [1.165, 1.54) is 4.68 Å². The second-order valence-corrected chi connectivity index (χ2v) is 6.63. The molecule has 0 aliphatic heterocycles. The third kappa shape index (κ3) is 3.55. The Balaban J connectivity index is 1.79. The van der Waals surface area contributed by atoms with E-state index in [4.69, 9.17) is 0 Å². The van der Waals surface area contributed by atoms with E-state index in [2.05, 4.69) is 5.10 Å². The molecule has 1 aromatic carbocycles. The third-order valence-corrected chi connectivity index (χ3v) is 4.81. The average Bonchev–Trinajstić information content (AvgIpc) is 3.05. The first-order valence-corrected chi connectivity index (χ1v) is 8.40. The van der Waals surface area contributed by atoms with Gasteiger partial charge in [0.1, 0.15) is 0 Å². The maximum Gasteiger partial charge on any atom is 0.311 e. The summed E-state index contributed by atoms with van der Waals surface area (Å²) in [4.78, 5) is 23.6. The number of hydrogen-bond acceptors (Lipinski definition) is 3. The summed E-state index contributed by atoms with van der Waals surface area (Å²) < 4.78 is 1.41. The number of nitrogens with zero attached hydrogens (tertiary/aromatic N) is 2. The first-order chi connectivity index (χ1) is 11.5. The summed E-state index contributed by atoms with van der Waals surface area (Å²) in [6.07, 6.45) is 5.88. The van der Waals surface area contributed by atoms with Gasteiger partial charge in [-0.25, -0.2) is 4.68 Å². The Bertz CT molecular complexity index is 774. The van der Waals surface area contributed by atoms with Crippen molar-refractivity contribution in [1.29, 1.82) is 0 Å². The largest absolute Gasteiger partial charge is 0.481 e. The lowest BCUT2D eigenvalue weighted by molar-refractivity contribution is -0.140. The van der Waals surface area contributed by atoms with Crippen LogP contribution in [0.3, 0.4) is 0 Å². The number of carbonyl (C=O) groups is 1. The number of aromatic nitrogens is 2. The van der Waals surface area contributed by atoms with Crippen LogP contribution in [-0.2, 0) is 11.3 Å². The highest BCUT2D eigenvalue weighted by molar-refractivity contribution is 5.76. The average molecular weight is 326 g/mol. The van der Waals surface area contributed by atoms with Crippen molar-refractivity contribution in [1.82, 2.24) is 9.78 Å². The zero-order valence-electron chi connectivity index (χ0n) is 13.8. The van der Waals surface area contributed by atoms with Gasteiger partial charge in [0.25, 0.3) is 5.56 Å². The SMILES string of the molecule is Cc1cnn(Cc2ccc(C(C(=O)O)C3CCCC3)cc2)c(=O)c1. The minimum atomic E-state index is -0.744. The van der Waals surface area contributed by atoms with E-state index in [0.29, 0.717) is 6.54 Å². The minimum Gasteiger partial charge on any atom is -0.481 e. The molecule has 24 heavy (non-hydrogen) atoms. The Morgan fingerprint density at radius 3 is 2.54 bits per heavy atom. The molecular weight excluding hydrogens is 304 g/mol. The maximum atomic E-state index is 11.9. The van der Waals surface area contributed by atoms with Crippen LogP contribution in [0.25, 0.3) is 0 Å². The molecule has 1 saturated carbocycles. The number of carboxylic acid groups (broad SMARTS) is 1. The van der Waals surface area contributed by atoms with Crippen molar-refractivity contribution in [3.8, 4) is 0 Å². The predicted molar refractivity (Wildman–Crippen MR) is 91.1 cm³/mol. The molecule has 2 aromatic rings. The van der Waals surface area contributed by atoms with Gasteiger partial charge in [0.15, 0.2) is 0 Å². The highest BCUT2D eigenvalue weighted by Crippen LogP contribution is 2.37. The van der Waals surface area contributed by atoms with E-state index in [-0.39, 0.29) is 11.5 Å². The van der Waals surface area contributed by atoms with Crippen molar-refractivity contribution in [3.05, 3.63) is 63.6 Å². The van der Waals surface area contributed by atoms with Crippen LogP contribution in [0.5, 0.6) is 0 Å². The normalized spacial score (nSPS) is 16.2. The molecule has 126 valence electrons. The summed E-state index contributed by atoms with van der Waals surface area (Å²) in [5.41, 5.74) is 2.50. The monoisotopic (exact) mass is 326 g/mol. The van der Waals surface area contributed by atoms with Crippen LogP contribution >= 0.6 is 0 Å². The Morgan fingerprint density at radius 2 is 1.96 bits per heavy atom. The molecule has 1 aromatic heterocycles. The van der Waals surface area contributed by atoms with E-state index in [1.807, 2.05) is 31.2 Å². The van der Waals surface area contributed by atoms with Crippen molar-refractivity contribution >= 4 is 5.97 Å². The lowest BCUT2D eigenvalue weighted by atomic mass is 9.84. The number of hydrogen-bond donors (Lipinski definition) is 1. The van der Waals surface area contributed by atoms with Gasteiger partial charge in [-0.1, -0.05) is 37.1 Å². The summed E-state index contributed by atoms with van der Waals surface area (Å²) in [5, 5.41) is 13.7. The van der Waals surface area contributed by atoms with Crippen LogP contribution in [0.2, 0.25) is 0 Å². The predicted octanol–water partition coefficient (Wildman–Crippen LogP) is 2.96. The fourth-order valence-corrected chi connectivity index (χ4v) is 3.55. The van der Waals surface area contributed by atoms with Crippen molar-refractivity contribution in [2.75, 3.05) is 0 Å². The number of rotatable bonds is 5. The lowest BCUT2D eigenvalue weighted by Crippen LogP contribution is -2.23. The molecule has 0 amide bonds. The highest BCUT2D eigenvalue weighted by atomic mass is 16.4. The van der Waals surface area contributed by atoms with Gasteiger partial charge in [-0.2, -0.15) is 5.10 Å². The van der Waals surface area contributed by atoms with E-state index in [9.17, 15) is 14.7 Å². The quantitative estimate of drug-likeness (QED) is 0.917.